The van der Waals surface area contributed by atoms with E-state index >= 15 is 0 Å². The summed E-state index contributed by atoms with van der Waals surface area (Å²) >= 11 is 11.8. The zero-order valence-corrected chi connectivity index (χ0v) is 15.2. The maximum Gasteiger partial charge on any atom is 0.124 e. The summed E-state index contributed by atoms with van der Waals surface area (Å²) in [5, 5.41) is 45.5. The lowest BCUT2D eigenvalue weighted by Crippen LogP contribution is -2.05. The highest BCUT2D eigenvalue weighted by molar-refractivity contribution is 6.31. The number of aromatic hydroxyl groups is 2. The van der Waals surface area contributed by atoms with Gasteiger partial charge in [0.2, 0.25) is 0 Å². The van der Waals surface area contributed by atoms with E-state index in [0.717, 1.165) is 0 Å². The highest BCUT2D eigenvalue weighted by atomic mass is 35.5. The third kappa shape index (κ3) is 5.03. The minimum atomic E-state index is -0.0244. The zero-order valence-electron chi connectivity index (χ0n) is 13.7. The minimum Gasteiger partial charge on any atom is -0.507 e. The van der Waals surface area contributed by atoms with Gasteiger partial charge >= 0.3 is 0 Å². The van der Waals surface area contributed by atoms with Crippen molar-refractivity contribution >= 4 is 34.6 Å². The Hall–Kier alpha value is -2.44. The Kier molecular flexibility index (Phi) is 7.12. The highest BCUT2D eigenvalue weighted by Crippen LogP contribution is 2.26. The average molecular weight is 397 g/mol. The van der Waals surface area contributed by atoms with E-state index in [1.807, 2.05) is 0 Å². The monoisotopic (exact) mass is 396 g/mol. The second-order valence-corrected chi connectivity index (χ2v) is 6.50. The molecule has 138 valence electrons. The summed E-state index contributed by atoms with van der Waals surface area (Å²) in [6.45, 7) is 0. The third-order valence-electron chi connectivity index (χ3n) is 3.86. The van der Waals surface area contributed by atoms with Gasteiger partial charge in [-0.25, -0.2) is 0 Å². The lowest BCUT2D eigenvalue weighted by molar-refractivity contribution is 0.316. The van der Waals surface area contributed by atoms with E-state index in [1.165, 1.54) is 36.4 Å². The standard InChI is InChI=1S/C18H18Cl2N2O4/c19-11-5-7-17(23)13(9-11)15(21-25)3-1-2-4-16(22-26)14-10-12(20)6-8-18(14)24/h5-10,23-26H,1-4H2/b21-15-,22-16+. The van der Waals surface area contributed by atoms with Gasteiger partial charge in [0.25, 0.3) is 0 Å². The molecule has 0 fully saturated rings. The van der Waals surface area contributed by atoms with Crippen molar-refractivity contribution in [3.8, 4) is 11.5 Å². The fraction of sp³-hybridized carbons (Fsp3) is 0.222. The number of nitrogens with zero attached hydrogens (tertiary/aromatic N) is 2. The molecule has 6 nitrogen and oxygen atoms in total. The van der Waals surface area contributed by atoms with Crippen LogP contribution in [0.25, 0.3) is 0 Å². The smallest absolute Gasteiger partial charge is 0.124 e. The van der Waals surface area contributed by atoms with Gasteiger partial charge in [0.15, 0.2) is 0 Å². The summed E-state index contributed by atoms with van der Waals surface area (Å²) in [4.78, 5) is 0. The quantitative estimate of drug-likeness (QED) is 0.228. The first-order chi connectivity index (χ1) is 12.5. The molecule has 0 radical (unpaired) electrons. The second kappa shape index (κ2) is 9.31. The lowest BCUT2D eigenvalue weighted by atomic mass is 9.99. The van der Waals surface area contributed by atoms with Gasteiger partial charge in [0.1, 0.15) is 11.5 Å². The van der Waals surface area contributed by atoms with Crippen molar-refractivity contribution < 1.29 is 20.6 Å². The van der Waals surface area contributed by atoms with Crippen LogP contribution in [0.2, 0.25) is 10.0 Å². The molecule has 0 heterocycles. The molecular formula is C18H18Cl2N2O4. The summed E-state index contributed by atoms with van der Waals surface area (Å²) in [7, 11) is 0. The Labute approximate surface area is 160 Å². The van der Waals surface area contributed by atoms with Crippen LogP contribution in [-0.4, -0.2) is 32.1 Å². The van der Waals surface area contributed by atoms with Gasteiger partial charge in [-0.3, -0.25) is 0 Å². The molecule has 0 unspecified atom stereocenters. The number of unbranched alkanes of at least 4 members (excludes halogenated alkanes) is 1. The van der Waals surface area contributed by atoms with Crippen LogP contribution >= 0.6 is 23.2 Å². The van der Waals surface area contributed by atoms with E-state index in [-0.39, 0.29) is 11.5 Å². The number of benzene rings is 2. The summed E-state index contributed by atoms with van der Waals surface area (Å²) in [6, 6.07) is 8.99. The van der Waals surface area contributed by atoms with Crippen LogP contribution in [-0.2, 0) is 0 Å². The van der Waals surface area contributed by atoms with Crippen LogP contribution in [0.5, 0.6) is 11.5 Å². The molecule has 2 aromatic carbocycles. The fourth-order valence-corrected chi connectivity index (χ4v) is 2.88. The van der Waals surface area contributed by atoms with Crippen LogP contribution < -0.4 is 0 Å². The van der Waals surface area contributed by atoms with Crippen LogP contribution in [0.3, 0.4) is 0 Å². The largest absolute Gasteiger partial charge is 0.507 e. The van der Waals surface area contributed by atoms with Gasteiger partial charge in [-0.2, -0.15) is 0 Å². The van der Waals surface area contributed by atoms with E-state index in [1.54, 1.807) is 0 Å². The van der Waals surface area contributed by atoms with Crippen molar-refractivity contribution in [1.29, 1.82) is 0 Å². The van der Waals surface area contributed by atoms with Crippen molar-refractivity contribution in [3.05, 3.63) is 57.6 Å². The summed E-state index contributed by atoms with van der Waals surface area (Å²) < 4.78 is 0. The molecule has 0 atom stereocenters. The molecule has 0 aliphatic rings. The van der Waals surface area contributed by atoms with Gasteiger partial charge < -0.3 is 20.6 Å². The molecule has 0 amide bonds. The molecule has 0 spiro atoms. The molecule has 0 aliphatic carbocycles. The predicted molar refractivity (Wildman–Crippen MR) is 101 cm³/mol. The van der Waals surface area contributed by atoms with Crippen molar-refractivity contribution in [3.63, 3.8) is 0 Å². The Balaban J connectivity index is 1.98. The Morgan fingerprint density at radius 3 is 1.46 bits per heavy atom. The summed E-state index contributed by atoms with van der Waals surface area (Å²) in [6.07, 6.45) is 1.94. The van der Waals surface area contributed by atoms with Crippen molar-refractivity contribution in [2.24, 2.45) is 10.3 Å². The molecule has 4 N–H and O–H groups in total. The molecule has 0 saturated carbocycles. The maximum absolute atomic E-state index is 9.88. The van der Waals surface area contributed by atoms with Crippen LogP contribution in [0.15, 0.2) is 46.7 Å². The maximum atomic E-state index is 9.88. The Bertz CT molecular complexity index is 768. The minimum absolute atomic E-state index is 0.0244. The molecule has 8 heteroatoms. The first-order valence-electron chi connectivity index (χ1n) is 7.86. The van der Waals surface area contributed by atoms with Gasteiger partial charge in [0.05, 0.1) is 11.4 Å². The molecule has 2 rings (SSSR count). The molecule has 0 aromatic heterocycles. The fourth-order valence-electron chi connectivity index (χ4n) is 2.54. The number of phenolic OH excluding ortho intramolecular Hbond substituents is 2. The summed E-state index contributed by atoms with van der Waals surface area (Å²) in [5.41, 5.74) is 1.34. The van der Waals surface area contributed by atoms with E-state index in [0.29, 0.717) is 58.3 Å². The number of hydrogen-bond acceptors (Lipinski definition) is 6. The number of halogens is 2. The van der Waals surface area contributed by atoms with E-state index in [9.17, 15) is 20.6 Å². The second-order valence-electron chi connectivity index (χ2n) is 5.62. The topological polar surface area (TPSA) is 106 Å². The molecule has 26 heavy (non-hydrogen) atoms. The normalized spacial score (nSPS) is 12.4. The first-order valence-corrected chi connectivity index (χ1v) is 8.61. The zero-order chi connectivity index (χ0) is 19.1. The molecule has 2 aromatic rings. The van der Waals surface area contributed by atoms with Gasteiger partial charge in [-0.05, 0) is 62.1 Å². The first kappa shape index (κ1) is 19.9. The molecule has 0 bridgehead atoms. The third-order valence-corrected chi connectivity index (χ3v) is 4.33. The van der Waals surface area contributed by atoms with Crippen molar-refractivity contribution in [1.82, 2.24) is 0 Å². The van der Waals surface area contributed by atoms with E-state index < -0.39 is 0 Å². The Morgan fingerprint density at radius 2 is 1.12 bits per heavy atom. The number of oxime groups is 2. The highest BCUT2D eigenvalue weighted by Gasteiger charge is 2.13. The number of hydrogen-bond donors (Lipinski definition) is 4. The molecule has 0 aliphatic heterocycles. The van der Waals surface area contributed by atoms with Gasteiger partial charge in [-0.1, -0.05) is 33.5 Å². The predicted octanol–water partition coefficient (Wildman–Crippen LogP) is 5.02. The van der Waals surface area contributed by atoms with Crippen LogP contribution in [0.4, 0.5) is 0 Å². The van der Waals surface area contributed by atoms with Gasteiger partial charge in [0, 0.05) is 21.2 Å². The average Bonchev–Trinajstić information content (AvgIpc) is 2.63. The number of rotatable bonds is 7. The van der Waals surface area contributed by atoms with Crippen LogP contribution in [0, 0.1) is 0 Å². The van der Waals surface area contributed by atoms with Crippen molar-refractivity contribution in [2.75, 3.05) is 0 Å². The van der Waals surface area contributed by atoms with E-state index in [2.05, 4.69) is 10.3 Å². The molecular weight excluding hydrogens is 379 g/mol. The van der Waals surface area contributed by atoms with E-state index in [4.69, 9.17) is 23.2 Å². The molecule has 0 saturated heterocycles. The van der Waals surface area contributed by atoms with Crippen LogP contribution in [0.1, 0.15) is 36.8 Å². The SMILES string of the molecule is O/N=C(/CCCC/C(=N\O)c1cc(Cl)ccc1O)c1cc(Cl)ccc1O. The Morgan fingerprint density at radius 1 is 0.731 bits per heavy atom. The van der Waals surface area contributed by atoms with Crippen molar-refractivity contribution in [2.45, 2.75) is 25.7 Å². The lowest BCUT2D eigenvalue weighted by Gasteiger charge is -2.09. The summed E-state index contributed by atoms with van der Waals surface area (Å²) in [5.74, 6) is -0.0488. The number of phenols is 2. The van der Waals surface area contributed by atoms with Gasteiger partial charge in [-0.15, -0.1) is 0 Å².